The fourth-order valence-electron chi connectivity index (χ4n) is 2.81. The van der Waals surface area contributed by atoms with Gasteiger partial charge in [-0.1, -0.05) is 23.7 Å². The first-order valence-corrected chi connectivity index (χ1v) is 9.49. The second-order valence-corrected chi connectivity index (χ2v) is 6.57. The Bertz CT molecular complexity index is 778. The molecule has 1 saturated heterocycles. The van der Waals surface area contributed by atoms with Crippen molar-refractivity contribution < 1.29 is 19.0 Å². The zero-order valence-electron chi connectivity index (χ0n) is 15.2. The summed E-state index contributed by atoms with van der Waals surface area (Å²) in [5, 5.41) is 3.07. The van der Waals surface area contributed by atoms with Crippen molar-refractivity contribution in [1.29, 1.82) is 0 Å². The van der Waals surface area contributed by atoms with Gasteiger partial charge in [-0.2, -0.15) is 0 Å². The van der Waals surface area contributed by atoms with Crippen LogP contribution in [0.4, 0.5) is 5.69 Å². The average Bonchev–Trinajstić information content (AvgIpc) is 2.69. The summed E-state index contributed by atoms with van der Waals surface area (Å²) < 4.78 is 16.9. The van der Waals surface area contributed by atoms with Gasteiger partial charge in [0.2, 0.25) is 5.88 Å². The van der Waals surface area contributed by atoms with Gasteiger partial charge >= 0.3 is 0 Å². The van der Waals surface area contributed by atoms with Crippen molar-refractivity contribution in [3.63, 3.8) is 0 Å². The number of pyridine rings is 1. The molecule has 1 aliphatic heterocycles. The highest BCUT2D eigenvalue weighted by molar-refractivity contribution is 6.34. The summed E-state index contributed by atoms with van der Waals surface area (Å²) in [4.78, 5) is 16.8. The van der Waals surface area contributed by atoms with Crippen LogP contribution in [-0.4, -0.2) is 36.8 Å². The lowest BCUT2D eigenvalue weighted by molar-refractivity contribution is -0.0109. The molecule has 1 aromatic carbocycles. The molecular formula is C20H23ClN2O4. The molecule has 0 saturated carbocycles. The van der Waals surface area contributed by atoms with Crippen molar-refractivity contribution in [2.24, 2.45) is 0 Å². The number of para-hydroxylation sites is 2. The Kier molecular flexibility index (Phi) is 6.90. The Hall–Kier alpha value is -2.31. The molecule has 1 N–H and O–H groups in total. The Labute approximate surface area is 163 Å². The van der Waals surface area contributed by atoms with Crippen molar-refractivity contribution in [2.45, 2.75) is 32.3 Å². The lowest BCUT2D eigenvalue weighted by Gasteiger charge is -2.23. The van der Waals surface area contributed by atoms with Crippen LogP contribution in [-0.2, 0) is 4.74 Å². The van der Waals surface area contributed by atoms with Crippen molar-refractivity contribution in [3.05, 3.63) is 47.1 Å². The maximum Gasteiger partial charge on any atom is 0.276 e. The molecule has 1 unspecified atom stereocenters. The van der Waals surface area contributed by atoms with Crippen LogP contribution < -0.4 is 14.8 Å². The molecule has 6 nitrogen and oxygen atoms in total. The summed E-state index contributed by atoms with van der Waals surface area (Å²) in [6.45, 7) is 3.52. The number of halogens is 1. The van der Waals surface area contributed by atoms with Gasteiger partial charge in [0.15, 0.2) is 5.69 Å². The number of anilines is 1. The number of nitrogens with one attached hydrogen (secondary N) is 1. The lowest BCUT2D eigenvalue weighted by Crippen LogP contribution is -2.26. The number of aromatic nitrogens is 1. The molecule has 1 atom stereocenters. The summed E-state index contributed by atoms with van der Waals surface area (Å²) in [6.07, 6.45) is 3.31. The first-order chi connectivity index (χ1) is 13.2. The number of benzene rings is 1. The van der Waals surface area contributed by atoms with Gasteiger partial charge in [0, 0.05) is 12.7 Å². The van der Waals surface area contributed by atoms with E-state index >= 15 is 0 Å². The Morgan fingerprint density at radius 1 is 1.26 bits per heavy atom. The molecule has 0 spiro atoms. The number of amides is 1. The third-order valence-electron chi connectivity index (χ3n) is 4.16. The summed E-state index contributed by atoms with van der Waals surface area (Å²) in [6, 6.07) is 10.5. The van der Waals surface area contributed by atoms with Gasteiger partial charge in [0.1, 0.15) is 12.4 Å². The first-order valence-electron chi connectivity index (χ1n) is 9.11. The molecule has 1 aromatic heterocycles. The van der Waals surface area contributed by atoms with Gasteiger partial charge in [-0.25, -0.2) is 4.98 Å². The molecule has 1 fully saturated rings. The predicted molar refractivity (Wildman–Crippen MR) is 104 cm³/mol. The summed E-state index contributed by atoms with van der Waals surface area (Å²) in [5.41, 5.74) is 0.658. The maximum atomic E-state index is 12.7. The van der Waals surface area contributed by atoms with E-state index in [-0.39, 0.29) is 16.8 Å². The molecule has 1 aliphatic rings. The zero-order valence-corrected chi connectivity index (χ0v) is 16.0. The number of carbonyl (C=O) groups is 1. The number of hydrogen-bond donors (Lipinski definition) is 1. The number of carbonyl (C=O) groups excluding carboxylic acids is 1. The highest BCUT2D eigenvalue weighted by Crippen LogP contribution is 2.27. The standard InChI is InChI=1S/C20H23ClN2O4/c1-2-25-18-11-10-15(21)19(23-18)20(24)22-16-8-3-4-9-17(16)27-13-14-7-5-6-12-26-14/h3-4,8-11,14H,2,5-7,12-13H2,1H3,(H,22,24). The topological polar surface area (TPSA) is 69.7 Å². The highest BCUT2D eigenvalue weighted by atomic mass is 35.5. The van der Waals surface area contributed by atoms with E-state index in [0.717, 1.165) is 25.9 Å². The Morgan fingerprint density at radius 2 is 2.11 bits per heavy atom. The van der Waals surface area contributed by atoms with E-state index < -0.39 is 5.91 Å². The molecular weight excluding hydrogens is 368 g/mol. The molecule has 2 heterocycles. The largest absolute Gasteiger partial charge is 0.489 e. The smallest absolute Gasteiger partial charge is 0.276 e. The molecule has 7 heteroatoms. The second kappa shape index (κ2) is 9.58. The van der Waals surface area contributed by atoms with Crippen LogP contribution in [0.15, 0.2) is 36.4 Å². The number of nitrogens with zero attached hydrogens (tertiary/aromatic N) is 1. The molecule has 27 heavy (non-hydrogen) atoms. The van der Waals surface area contributed by atoms with E-state index in [2.05, 4.69) is 10.3 Å². The Balaban J connectivity index is 1.70. The van der Waals surface area contributed by atoms with E-state index in [9.17, 15) is 4.79 Å². The number of ether oxygens (including phenoxy) is 3. The quantitative estimate of drug-likeness (QED) is 0.761. The minimum absolute atomic E-state index is 0.0847. The van der Waals surface area contributed by atoms with Crippen LogP contribution in [0.1, 0.15) is 36.7 Å². The average molecular weight is 391 g/mol. The van der Waals surface area contributed by atoms with Gasteiger partial charge in [0.25, 0.3) is 5.91 Å². The van der Waals surface area contributed by atoms with Crippen molar-refractivity contribution in [2.75, 3.05) is 25.1 Å². The number of hydrogen-bond acceptors (Lipinski definition) is 5. The third-order valence-corrected chi connectivity index (χ3v) is 4.47. The van der Waals surface area contributed by atoms with Gasteiger partial charge < -0.3 is 19.5 Å². The van der Waals surface area contributed by atoms with Gasteiger partial charge in [-0.3, -0.25) is 4.79 Å². The summed E-state index contributed by atoms with van der Waals surface area (Å²) >= 11 is 6.13. The molecule has 144 valence electrons. The third kappa shape index (κ3) is 5.34. The van der Waals surface area contributed by atoms with E-state index in [0.29, 0.717) is 30.5 Å². The van der Waals surface area contributed by atoms with Gasteiger partial charge in [0.05, 0.1) is 23.4 Å². The van der Waals surface area contributed by atoms with Crippen molar-refractivity contribution in [1.82, 2.24) is 4.98 Å². The van der Waals surface area contributed by atoms with Crippen LogP contribution in [0.3, 0.4) is 0 Å². The Morgan fingerprint density at radius 3 is 2.89 bits per heavy atom. The molecule has 2 aromatic rings. The normalized spacial score (nSPS) is 16.6. The zero-order chi connectivity index (χ0) is 19.1. The van der Waals surface area contributed by atoms with E-state index in [1.54, 1.807) is 18.2 Å². The van der Waals surface area contributed by atoms with E-state index in [4.69, 9.17) is 25.8 Å². The molecule has 0 aliphatic carbocycles. The van der Waals surface area contributed by atoms with Crippen LogP contribution >= 0.6 is 11.6 Å². The maximum absolute atomic E-state index is 12.7. The monoisotopic (exact) mass is 390 g/mol. The minimum atomic E-state index is -0.425. The van der Waals surface area contributed by atoms with Crippen molar-refractivity contribution in [3.8, 4) is 11.6 Å². The van der Waals surface area contributed by atoms with Crippen LogP contribution in [0.5, 0.6) is 11.6 Å². The van der Waals surface area contributed by atoms with Gasteiger partial charge in [-0.15, -0.1) is 0 Å². The minimum Gasteiger partial charge on any atom is -0.489 e. The number of rotatable bonds is 7. The summed E-state index contributed by atoms with van der Waals surface area (Å²) in [5.74, 6) is 0.509. The van der Waals surface area contributed by atoms with E-state index in [1.807, 2.05) is 25.1 Å². The lowest BCUT2D eigenvalue weighted by atomic mass is 10.1. The van der Waals surface area contributed by atoms with Crippen LogP contribution in [0, 0.1) is 0 Å². The van der Waals surface area contributed by atoms with Gasteiger partial charge in [-0.05, 0) is 44.4 Å². The van der Waals surface area contributed by atoms with Crippen molar-refractivity contribution >= 4 is 23.2 Å². The fourth-order valence-corrected chi connectivity index (χ4v) is 3.00. The van der Waals surface area contributed by atoms with Crippen LogP contribution in [0.25, 0.3) is 0 Å². The molecule has 3 rings (SSSR count). The second-order valence-electron chi connectivity index (χ2n) is 6.16. The molecule has 0 bridgehead atoms. The van der Waals surface area contributed by atoms with Crippen LogP contribution in [0.2, 0.25) is 5.02 Å². The molecule has 0 radical (unpaired) electrons. The highest BCUT2D eigenvalue weighted by Gasteiger charge is 2.18. The van der Waals surface area contributed by atoms with E-state index in [1.165, 1.54) is 0 Å². The summed E-state index contributed by atoms with van der Waals surface area (Å²) in [7, 11) is 0. The predicted octanol–water partition coefficient (Wildman–Crippen LogP) is 4.33. The fraction of sp³-hybridized carbons (Fsp3) is 0.400. The first kappa shape index (κ1) is 19.5. The molecule has 1 amide bonds. The SMILES string of the molecule is CCOc1ccc(Cl)c(C(=O)Nc2ccccc2OCC2CCCCO2)n1.